The first kappa shape index (κ1) is 16.7. The van der Waals surface area contributed by atoms with Gasteiger partial charge in [0.25, 0.3) is 5.91 Å². The van der Waals surface area contributed by atoms with Crippen LogP contribution in [-0.4, -0.2) is 22.7 Å². The Kier molecular flexibility index (Phi) is 5.09. The third kappa shape index (κ3) is 4.23. The molecule has 0 aliphatic heterocycles. The van der Waals surface area contributed by atoms with Gasteiger partial charge in [0, 0.05) is 11.1 Å². The van der Waals surface area contributed by atoms with E-state index in [2.05, 4.69) is 15.5 Å². The predicted octanol–water partition coefficient (Wildman–Crippen LogP) is 3.37. The molecule has 0 spiro atoms. The fraction of sp³-hybridized carbons (Fsp3) is 0.211. The van der Waals surface area contributed by atoms with Crippen LogP contribution in [0.1, 0.15) is 28.7 Å². The summed E-state index contributed by atoms with van der Waals surface area (Å²) in [5.74, 6) is 1.39. The second-order valence-electron chi connectivity index (χ2n) is 5.52. The van der Waals surface area contributed by atoms with Gasteiger partial charge in [0.2, 0.25) is 11.7 Å². The van der Waals surface area contributed by atoms with Crippen LogP contribution in [0.2, 0.25) is 0 Å². The van der Waals surface area contributed by atoms with Gasteiger partial charge in [-0.15, -0.1) is 0 Å². The first-order chi connectivity index (χ1) is 12.2. The standard InChI is InChI=1S/C19H19N3O3/c1-3-24-16-9-7-14(8-10-16)19(23)20-12-17-21-18(22-25-17)15-6-4-5-13(2)11-15/h4-11H,3,12H2,1-2H3,(H,20,23). The quantitative estimate of drug-likeness (QED) is 0.746. The molecule has 0 saturated heterocycles. The van der Waals surface area contributed by atoms with Gasteiger partial charge in [0.15, 0.2) is 0 Å². The van der Waals surface area contributed by atoms with Crippen LogP contribution >= 0.6 is 0 Å². The van der Waals surface area contributed by atoms with Gasteiger partial charge in [-0.05, 0) is 44.2 Å². The number of aryl methyl sites for hydroxylation is 1. The number of aromatic nitrogens is 2. The maximum absolute atomic E-state index is 12.2. The van der Waals surface area contributed by atoms with Crippen LogP contribution in [0.25, 0.3) is 11.4 Å². The van der Waals surface area contributed by atoms with Crippen LogP contribution in [-0.2, 0) is 6.54 Å². The van der Waals surface area contributed by atoms with E-state index in [4.69, 9.17) is 9.26 Å². The third-order valence-corrected chi connectivity index (χ3v) is 3.57. The van der Waals surface area contributed by atoms with Gasteiger partial charge in [0.05, 0.1) is 13.2 Å². The lowest BCUT2D eigenvalue weighted by atomic mass is 10.1. The zero-order valence-corrected chi connectivity index (χ0v) is 14.2. The maximum atomic E-state index is 12.2. The topological polar surface area (TPSA) is 77.2 Å². The van der Waals surface area contributed by atoms with Crippen LogP contribution in [0.3, 0.4) is 0 Å². The minimum Gasteiger partial charge on any atom is -0.494 e. The van der Waals surface area contributed by atoms with E-state index < -0.39 is 0 Å². The van der Waals surface area contributed by atoms with E-state index in [0.717, 1.165) is 16.9 Å². The Labute approximate surface area is 145 Å². The second kappa shape index (κ2) is 7.61. The van der Waals surface area contributed by atoms with Crippen molar-refractivity contribution in [1.29, 1.82) is 0 Å². The molecular weight excluding hydrogens is 318 g/mol. The fourth-order valence-electron chi connectivity index (χ4n) is 2.36. The van der Waals surface area contributed by atoms with E-state index in [-0.39, 0.29) is 12.5 Å². The molecule has 0 aliphatic rings. The average molecular weight is 337 g/mol. The van der Waals surface area contributed by atoms with Gasteiger partial charge in [-0.25, -0.2) is 0 Å². The Bertz CT molecular complexity index is 856. The number of hydrogen-bond donors (Lipinski definition) is 1. The SMILES string of the molecule is CCOc1ccc(C(=O)NCc2nc(-c3cccc(C)c3)no2)cc1. The lowest BCUT2D eigenvalue weighted by Gasteiger charge is -2.05. The summed E-state index contributed by atoms with van der Waals surface area (Å²) in [5.41, 5.74) is 2.54. The maximum Gasteiger partial charge on any atom is 0.251 e. The number of amides is 1. The van der Waals surface area contributed by atoms with Gasteiger partial charge in [0.1, 0.15) is 5.75 Å². The van der Waals surface area contributed by atoms with E-state index in [9.17, 15) is 4.79 Å². The van der Waals surface area contributed by atoms with E-state index in [1.54, 1.807) is 24.3 Å². The Balaban J connectivity index is 1.61. The van der Waals surface area contributed by atoms with Crippen LogP contribution < -0.4 is 10.1 Å². The van der Waals surface area contributed by atoms with Crippen molar-refractivity contribution >= 4 is 5.91 Å². The molecule has 1 heterocycles. The van der Waals surface area contributed by atoms with Gasteiger partial charge >= 0.3 is 0 Å². The van der Waals surface area contributed by atoms with E-state index in [1.165, 1.54) is 0 Å². The summed E-state index contributed by atoms with van der Waals surface area (Å²) in [4.78, 5) is 16.5. The number of rotatable bonds is 6. The largest absolute Gasteiger partial charge is 0.494 e. The lowest BCUT2D eigenvalue weighted by molar-refractivity contribution is 0.0946. The van der Waals surface area contributed by atoms with Crippen molar-refractivity contribution in [3.05, 3.63) is 65.5 Å². The first-order valence-electron chi connectivity index (χ1n) is 8.06. The summed E-state index contributed by atoms with van der Waals surface area (Å²) < 4.78 is 10.6. The molecule has 6 heteroatoms. The third-order valence-electron chi connectivity index (χ3n) is 3.57. The highest BCUT2D eigenvalue weighted by Gasteiger charge is 2.11. The molecular formula is C19H19N3O3. The molecule has 25 heavy (non-hydrogen) atoms. The van der Waals surface area contributed by atoms with Crippen molar-refractivity contribution in [2.75, 3.05) is 6.61 Å². The highest BCUT2D eigenvalue weighted by Crippen LogP contribution is 2.17. The summed E-state index contributed by atoms with van der Waals surface area (Å²) in [7, 11) is 0. The lowest BCUT2D eigenvalue weighted by Crippen LogP contribution is -2.22. The zero-order chi connectivity index (χ0) is 17.6. The predicted molar refractivity (Wildman–Crippen MR) is 93.3 cm³/mol. The van der Waals surface area contributed by atoms with Gasteiger partial charge < -0.3 is 14.6 Å². The highest BCUT2D eigenvalue weighted by molar-refractivity contribution is 5.94. The minimum atomic E-state index is -0.210. The van der Waals surface area contributed by atoms with Crippen molar-refractivity contribution in [2.24, 2.45) is 0 Å². The summed E-state index contributed by atoms with van der Waals surface area (Å²) in [6.07, 6.45) is 0. The van der Waals surface area contributed by atoms with E-state index in [1.807, 2.05) is 38.1 Å². The molecule has 0 fully saturated rings. The fourth-order valence-corrected chi connectivity index (χ4v) is 2.36. The molecule has 0 aliphatic carbocycles. The molecule has 128 valence electrons. The molecule has 3 rings (SSSR count). The number of nitrogens with one attached hydrogen (secondary N) is 1. The Morgan fingerprint density at radius 3 is 2.72 bits per heavy atom. The molecule has 0 radical (unpaired) electrons. The second-order valence-corrected chi connectivity index (χ2v) is 5.52. The number of ether oxygens (including phenoxy) is 1. The van der Waals surface area contributed by atoms with Crippen molar-refractivity contribution in [3.63, 3.8) is 0 Å². The van der Waals surface area contributed by atoms with Crippen molar-refractivity contribution < 1.29 is 14.1 Å². The van der Waals surface area contributed by atoms with Crippen LogP contribution in [0.15, 0.2) is 53.1 Å². The average Bonchev–Trinajstić information content (AvgIpc) is 3.10. The Morgan fingerprint density at radius 1 is 1.20 bits per heavy atom. The van der Waals surface area contributed by atoms with Crippen molar-refractivity contribution in [1.82, 2.24) is 15.5 Å². The Hall–Kier alpha value is -3.15. The molecule has 0 unspecified atom stereocenters. The molecule has 6 nitrogen and oxygen atoms in total. The number of nitrogens with zero attached hydrogens (tertiary/aromatic N) is 2. The number of carbonyl (C=O) groups is 1. The minimum absolute atomic E-state index is 0.171. The van der Waals surface area contributed by atoms with E-state index >= 15 is 0 Å². The van der Waals surface area contributed by atoms with Crippen LogP contribution in [0.4, 0.5) is 0 Å². The summed E-state index contributed by atoms with van der Waals surface area (Å²) in [6.45, 7) is 4.68. The summed E-state index contributed by atoms with van der Waals surface area (Å²) >= 11 is 0. The van der Waals surface area contributed by atoms with Gasteiger partial charge in [-0.2, -0.15) is 4.98 Å². The molecule has 1 aromatic heterocycles. The highest BCUT2D eigenvalue weighted by atomic mass is 16.5. The van der Waals surface area contributed by atoms with Crippen molar-refractivity contribution in [2.45, 2.75) is 20.4 Å². The van der Waals surface area contributed by atoms with Crippen LogP contribution in [0.5, 0.6) is 5.75 Å². The smallest absolute Gasteiger partial charge is 0.251 e. The van der Waals surface area contributed by atoms with Gasteiger partial charge in [-0.3, -0.25) is 4.79 Å². The number of hydrogen-bond acceptors (Lipinski definition) is 5. The first-order valence-corrected chi connectivity index (χ1v) is 8.06. The number of benzene rings is 2. The zero-order valence-electron chi connectivity index (χ0n) is 14.2. The summed E-state index contributed by atoms with van der Waals surface area (Å²) in [6, 6.07) is 14.8. The normalized spacial score (nSPS) is 10.5. The molecule has 3 aromatic rings. The molecule has 0 saturated carbocycles. The molecule has 2 aromatic carbocycles. The molecule has 1 N–H and O–H groups in total. The molecule has 0 bridgehead atoms. The number of carbonyl (C=O) groups excluding carboxylic acids is 1. The Morgan fingerprint density at radius 2 is 2.00 bits per heavy atom. The monoisotopic (exact) mass is 337 g/mol. The molecule has 0 atom stereocenters. The van der Waals surface area contributed by atoms with Crippen LogP contribution in [0, 0.1) is 6.92 Å². The van der Waals surface area contributed by atoms with E-state index in [0.29, 0.717) is 23.9 Å². The van der Waals surface area contributed by atoms with Gasteiger partial charge in [-0.1, -0.05) is 28.9 Å². The van der Waals surface area contributed by atoms with Crippen molar-refractivity contribution in [3.8, 4) is 17.1 Å². The molecule has 1 amide bonds. The summed E-state index contributed by atoms with van der Waals surface area (Å²) in [5, 5.41) is 6.72.